The zero-order chi connectivity index (χ0) is 19.3. The van der Waals surface area contributed by atoms with Gasteiger partial charge in [-0.3, -0.25) is 4.79 Å². The Morgan fingerprint density at radius 3 is 2.19 bits per heavy atom. The van der Waals surface area contributed by atoms with Crippen LogP contribution in [-0.2, 0) is 9.84 Å². The monoisotopic (exact) mass is 374 g/mol. The Labute approximate surface area is 155 Å². The van der Waals surface area contributed by atoms with Gasteiger partial charge in [-0.1, -0.05) is 57.2 Å². The molecule has 0 aliphatic carbocycles. The van der Waals surface area contributed by atoms with E-state index in [0.717, 1.165) is 5.56 Å². The summed E-state index contributed by atoms with van der Waals surface area (Å²) < 4.78 is 24.3. The summed E-state index contributed by atoms with van der Waals surface area (Å²) in [5, 5.41) is 2.74. The van der Waals surface area contributed by atoms with Crippen LogP contribution in [0.4, 0.5) is 0 Å². The molecule has 2 rings (SSSR count). The lowest BCUT2D eigenvalue weighted by molar-refractivity contribution is 0.0948. The molecule has 5 nitrogen and oxygen atoms in total. The van der Waals surface area contributed by atoms with Gasteiger partial charge in [0, 0.05) is 12.6 Å². The molecule has 0 radical (unpaired) electrons. The van der Waals surface area contributed by atoms with Crippen molar-refractivity contribution >= 4 is 15.7 Å². The zero-order valence-corrected chi connectivity index (χ0v) is 16.2. The first-order valence-corrected chi connectivity index (χ1v) is 10.4. The van der Waals surface area contributed by atoms with E-state index in [9.17, 15) is 13.2 Å². The van der Waals surface area contributed by atoms with Crippen LogP contribution in [-0.4, -0.2) is 26.6 Å². The van der Waals surface area contributed by atoms with Crippen LogP contribution in [0.15, 0.2) is 53.4 Å². The number of rotatable bonds is 7. The van der Waals surface area contributed by atoms with Crippen molar-refractivity contribution in [2.75, 3.05) is 12.3 Å². The van der Waals surface area contributed by atoms with Gasteiger partial charge in [-0.25, -0.2) is 8.42 Å². The highest BCUT2D eigenvalue weighted by Crippen LogP contribution is 2.19. The Kier molecular flexibility index (Phi) is 6.56. The second-order valence-corrected chi connectivity index (χ2v) is 8.78. The van der Waals surface area contributed by atoms with Crippen molar-refractivity contribution in [3.05, 3.63) is 65.2 Å². The summed E-state index contributed by atoms with van der Waals surface area (Å²) in [5.41, 5.74) is 8.46. The van der Waals surface area contributed by atoms with Gasteiger partial charge < -0.3 is 11.1 Å². The molecule has 1 unspecified atom stereocenters. The predicted octanol–water partition coefficient (Wildman–Crippen LogP) is 3.03. The summed E-state index contributed by atoms with van der Waals surface area (Å²) in [4.78, 5) is 12.5. The van der Waals surface area contributed by atoms with Crippen molar-refractivity contribution in [1.29, 1.82) is 0 Å². The molecule has 2 aromatic carbocycles. The average molecular weight is 375 g/mol. The van der Waals surface area contributed by atoms with Crippen LogP contribution in [0.2, 0.25) is 0 Å². The quantitative estimate of drug-likeness (QED) is 0.779. The van der Waals surface area contributed by atoms with Gasteiger partial charge in [0.15, 0.2) is 9.84 Å². The van der Waals surface area contributed by atoms with Gasteiger partial charge >= 0.3 is 0 Å². The minimum atomic E-state index is -3.47. The van der Waals surface area contributed by atoms with Gasteiger partial charge in [0.2, 0.25) is 0 Å². The lowest BCUT2D eigenvalue weighted by Gasteiger charge is -2.15. The molecule has 1 amide bonds. The number of benzene rings is 2. The summed E-state index contributed by atoms with van der Waals surface area (Å²) in [7, 11) is -3.47. The van der Waals surface area contributed by atoms with Crippen LogP contribution in [0.5, 0.6) is 0 Å². The van der Waals surface area contributed by atoms with E-state index in [1.807, 2.05) is 24.3 Å². The summed E-state index contributed by atoms with van der Waals surface area (Å²) >= 11 is 0. The van der Waals surface area contributed by atoms with Gasteiger partial charge in [-0.15, -0.1) is 0 Å². The maximum Gasteiger partial charge on any atom is 0.252 e. The normalized spacial score (nSPS) is 12.8. The van der Waals surface area contributed by atoms with Crippen molar-refractivity contribution in [3.63, 3.8) is 0 Å². The third-order valence-electron chi connectivity index (χ3n) is 4.36. The molecule has 0 fully saturated rings. The molecule has 0 aromatic heterocycles. The fraction of sp³-hybridized carbons (Fsp3) is 0.350. The van der Waals surface area contributed by atoms with Crippen LogP contribution in [0.3, 0.4) is 0 Å². The minimum absolute atomic E-state index is 0.0508. The highest BCUT2D eigenvalue weighted by atomic mass is 32.2. The number of amides is 1. The largest absolute Gasteiger partial charge is 0.350 e. The lowest BCUT2D eigenvalue weighted by atomic mass is 9.99. The number of hydrogen-bond acceptors (Lipinski definition) is 4. The van der Waals surface area contributed by atoms with Gasteiger partial charge in [-0.05, 0) is 29.2 Å². The smallest absolute Gasteiger partial charge is 0.252 e. The number of nitrogens with one attached hydrogen (secondary N) is 1. The van der Waals surface area contributed by atoms with Crippen molar-refractivity contribution in [3.8, 4) is 0 Å². The molecular weight excluding hydrogens is 348 g/mol. The second-order valence-electron chi connectivity index (χ2n) is 6.54. The highest BCUT2D eigenvalue weighted by molar-refractivity contribution is 7.91. The Bertz CT molecular complexity index is 859. The van der Waals surface area contributed by atoms with Crippen molar-refractivity contribution in [1.82, 2.24) is 5.32 Å². The van der Waals surface area contributed by atoms with E-state index in [0.29, 0.717) is 5.92 Å². The van der Waals surface area contributed by atoms with E-state index in [2.05, 4.69) is 19.2 Å². The fourth-order valence-electron chi connectivity index (χ4n) is 2.62. The Morgan fingerprint density at radius 1 is 1.04 bits per heavy atom. The molecule has 0 aliphatic heterocycles. The number of sulfone groups is 1. The van der Waals surface area contributed by atoms with Crippen molar-refractivity contribution in [2.24, 2.45) is 5.73 Å². The molecule has 6 heteroatoms. The summed E-state index contributed by atoms with van der Waals surface area (Å²) in [5.74, 6) is -0.0530. The van der Waals surface area contributed by atoms with Crippen LogP contribution in [0, 0.1) is 0 Å². The Hall–Kier alpha value is -2.18. The van der Waals surface area contributed by atoms with Crippen LogP contribution >= 0.6 is 0 Å². The molecule has 0 bridgehead atoms. The molecule has 140 valence electrons. The Morgan fingerprint density at radius 2 is 1.62 bits per heavy atom. The number of nitrogens with two attached hydrogens (primary N) is 1. The fourth-order valence-corrected chi connectivity index (χ4v) is 3.72. The van der Waals surface area contributed by atoms with Gasteiger partial charge in [0.1, 0.15) is 0 Å². The van der Waals surface area contributed by atoms with E-state index in [1.165, 1.54) is 17.7 Å². The molecule has 0 spiro atoms. The highest BCUT2D eigenvalue weighted by Gasteiger charge is 2.20. The summed E-state index contributed by atoms with van der Waals surface area (Å²) in [6.45, 7) is 6.02. The number of carbonyl (C=O) groups excluding carboxylic acids is 1. The van der Waals surface area contributed by atoms with E-state index < -0.39 is 15.7 Å². The van der Waals surface area contributed by atoms with Crippen LogP contribution in [0.25, 0.3) is 0 Å². The van der Waals surface area contributed by atoms with Gasteiger partial charge in [0.05, 0.1) is 16.2 Å². The summed E-state index contributed by atoms with van der Waals surface area (Å²) in [6.07, 6.45) is 0. The molecule has 2 aromatic rings. The average Bonchev–Trinajstić information content (AvgIpc) is 2.65. The van der Waals surface area contributed by atoms with Gasteiger partial charge in [-0.2, -0.15) is 0 Å². The second kappa shape index (κ2) is 8.47. The van der Waals surface area contributed by atoms with E-state index in [1.54, 1.807) is 19.1 Å². The molecule has 1 atom stereocenters. The molecule has 0 saturated carbocycles. The predicted molar refractivity (Wildman–Crippen MR) is 104 cm³/mol. The molecule has 0 saturated heterocycles. The lowest BCUT2D eigenvalue weighted by Crippen LogP contribution is -2.32. The molecule has 0 heterocycles. The molecule has 26 heavy (non-hydrogen) atoms. The van der Waals surface area contributed by atoms with E-state index in [4.69, 9.17) is 5.73 Å². The minimum Gasteiger partial charge on any atom is -0.350 e. The van der Waals surface area contributed by atoms with E-state index >= 15 is 0 Å². The van der Waals surface area contributed by atoms with Crippen molar-refractivity contribution < 1.29 is 13.2 Å². The first-order chi connectivity index (χ1) is 12.3. The topological polar surface area (TPSA) is 89.3 Å². The van der Waals surface area contributed by atoms with Crippen LogP contribution in [0.1, 0.15) is 54.2 Å². The summed E-state index contributed by atoms with van der Waals surface area (Å²) in [6, 6.07) is 13.9. The molecule has 0 aliphatic rings. The molecular formula is C20H26N2O3S. The maximum absolute atomic E-state index is 12.5. The zero-order valence-electron chi connectivity index (χ0n) is 15.4. The van der Waals surface area contributed by atoms with Crippen molar-refractivity contribution in [2.45, 2.75) is 37.6 Å². The standard InChI is InChI=1S/C20H26N2O3S/c1-4-26(24,25)19-8-6-5-7-17(19)20(23)22-13-18(21)16-11-9-15(10-12-16)14(2)3/h5-12,14,18H,4,13,21H2,1-3H3,(H,22,23). The Balaban J connectivity index is 2.09. The third kappa shape index (κ3) is 4.71. The molecule has 3 N–H and O–H groups in total. The number of carbonyl (C=O) groups is 1. The van der Waals surface area contributed by atoms with Crippen LogP contribution < -0.4 is 11.1 Å². The first-order valence-electron chi connectivity index (χ1n) is 8.71. The first kappa shape index (κ1) is 20.1. The van der Waals surface area contributed by atoms with E-state index in [-0.39, 0.29) is 28.8 Å². The third-order valence-corrected chi connectivity index (χ3v) is 6.15. The number of hydrogen-bond donors (Lipinski definition) is 2. The SMILES string of the molecule is CCS(=O)(=O)c1ccccc1C(=O)NCC(N)c1ccc(C(C)C)cc1. The maximum atomic E-state index is 12.5. The van der Waals surface area contributed by atoms with Gasteiger partial charge in [0.25, 0.3) is 5.91 Å².